The fourth-order valence-corrected chi connectivity index (χ4v) is 5.26. The van der Waals surface area contributed by atoms with Crippen LogP contribution in [0.25, 0.3) is 0 Å². The number of amides is 1. The lowest BCUT2D eigenvalue weighted by Gasteiger charge is -2.30. The molecule has 3 rings (SSSR count). The predicted molar refractivity (Wildman–Crippen MR) is 117 cm³/mol. The molecule has 0 spiro atoms. The van der Waals surface area contributed by atoms with Crippen molar-refractivity contribution in [2.45, 2.75) is 56.4 Å². The quantitative estimate of drug-likeness (QED) is 0.549. The molecule has 2 saturated heterocycles. The number of nitrogens with one attached hydrogen (secondary N) is 2. The minimum Gasteiger partial charge on any atom is -0.377 e. The van der Waals surface area contributed by atoms with Crippen molar-refractivity contribution in [1.82, 2.24) is 14.9 Å². The van der Waals surface area contributed by atoms with Gasteiger partial charge in [-0.3, -0.25) is 4.79 Å². The van der Waals surface area contributed by atoms with E-state index in [1.807, 2.05) is 0 Å². The van der Waals surface area contributed by atoms with Crippen molar-refractivity contribution in [3.63, 3.8) is 0 Å². The van der Waals surface area contributed by atoms with Crippen LogP contribution in [0.1, 0.15) is 55.8 Å². The van der Waals surface area contributed by atoms with Gasteiger partial charge in [0, 0.05) is 31.8 Å². The molecule has 168 valence electrons. The summed E-state index contributed by atoms with van der Waals surface area (Å²) in [5.41, 5.74) is 0.361. The van der Waals surface area contributed by atoms with Crippen molar-refractivity contribution in [3.8, 4) is 0 Å². The molecule has 0 radical (unpaired) electrons. The summed E-state index contributed by atoms with van der Waals surface area (Å²) >= 11 is 0. The summed E-state index contributed by atoms with van der Waals surface area (Å²) in [5, 5.41) is 2.91. The standard InChI is InChI=1S/C22H35N3O4S/c1-18-7-5-13-25(17-18)12-3-2-11-23-22(26)19-8-4-10-21(15-19)30(27,28)24-16-20-9-6-14-29-20/h4,8,10,15,18,20,24H,2-3,5-7,9,11-14,16-17H2,1H3,(H,23,26). The molecule has 0 bridgehead atoms. The molecule has 0 aliphatic carbocycles. The van der Waals surface area contributed by atoms with Gasteiger partial charge in [0.15, 0.2) is 0 Å². The second kappa shape index (κ2) is 11.2. The van der Waals surface area contributed by atoms with Crippen LogP contribution in [0.4, 0.5) is 0 Å². The third-order valence-electron chi connectivity index (χ3n) is 5.86. The normalized spacial score (nSPS) is 22.8. The number of benzene rings is 1. The van der Waals surface area contributed by atoms with Gasteiger partial charge in [-0.05, 0) is 75.7 Å². The highest BCUT2D eigenvalue weighted by Crippen LogP contribution is 2.16. The largest absolute Gasteiger partial charge is 0.377 e. The van der Waals surface area contributed by atoms with E-state index >= 15 is 0 Å². The van der Waals surface area contributed by atoms with Crippen molar-refractivity contribution < 1.29 is 17.9 Å². The molecule has 0 saturated carbocycles. The highest BCUT2D eigenvalue weighted by atomic mass is 32.2. The molecule has 2 aliphatic heterocycles. The number of rotatable bonds is 10. The molecule has 2 N–H and O–H groups in total. The Kier molecular flexibility index (Phi) is 8.68. The fourth-order valence-electron chi connectivity index (χ4n) is 4.15. The lowest BCUT2D eigenvalue weighted by Crippen LogP contribution is -2.35. The Labute approximate surface area is 180 Å². The van der Waals surface area contributed by atoms with Crippen LogP contribution < -0.4 is 10.0 Å². The zero-order valence-corrected chi connectivity index (χ0v) is 18.8. The average Bonchev–Trinajstić information content (AvgIpc) is 3.26. The van der Waals surface area contributed by atoms with E-state index < -0.39 is 10.0 Å². The van der Waals surface area contributed by atoms with Crippen LogP contribution >= 0.6 is 0 Å². The SMILES string of the molecule is CC1CCCN(CCCCNC(=O)c2cccc(S(=O)(=O)NCC3CCCO3)c2)C1. The Bertz CT molecular complexity index is 793. The second-order valence-corrected chi connectivity index (χ2v) is 10.3. The Hall–Kier alpha value is -1.48. The van der Waals surface area contributed by atoms with Gasteiger partial charge in [-0.2, -0.15) is 0 Å². The molecule has 7 nitrogen and oxygen atoms in total. The van der Waals surface area contributed by atoms with Crippen molar-refractivity contribution in [3.05, 3.63) is 29.8 Å². The van der Waals surface area contributed by atoms with E-state index in [4.69, 9.17) is 4.74 Å². The molecule has 2 fully saturated rings. The topological polar surface area (TPSA) is 87.7 Å². The number of unbranched alkanes of at least 4 members (excludes halogenated alkanes) is 1. The van der Waals surface area contributed by atoms with Crippen LogP contribution in [-0.2, 0) is 14.8 Å². The zero-order valence-electron chi connectivity index (χ0n) is 17.9. The van der Waals surface area contributed by atoms with Crippen LogP contribution in [0.15, 0.2) is 29.2 Å². The highest BCUT2D eigenvalue weighted by Gasteiger charge is 2.21. The molecule has 0 aromatic heterocycles. The maximum Gasteiger partial charge on any atom is 0.251 e. The molecule has 1 amide bonds. The second-order valence-electron chi connectivity index (χ2n) is 8.53. The minimum atomic E-state index is -3.67. The van der Waals surface area contributed by atoms with Crippen LogP contribution in [-0.4, -0.2) is 64.7 Å². The first-order valence-electron chi connectivity index (χ1n) is 11.2. The van der Waals surface area contributed by atoms with Crippen LogP contribution in [0, 0.1) is 5.92 Å². The number of hydrogen-bond acceptors (Lipinski definition) is 5. The summed E-state index contributed by atoms with van der Waals surface area (Å²) in [7, 11) is -3.67. The predicted octanol–water partition coefficient (Wildman–Crippen LogP) is 2.39. The molecule has 8 heteroatoms. The Morgan fingerprint density at radius 2 is 2.10 bits per heavy atom. The van der Waals surface area contributed by atoms with Crippen LogP contribution in [0.2, 0.25) is 0 Å². The molecule has 2 atom stereocenters. The van der Waals surface area contributed by atoms with Gasteiger partial charge in [0.1, 0.15) is 0 Å². The maximum absolute atomic E-state index is 12.5. The first-order valence-corrected chi connectivity index (χ1v) is 12.6. The van der Waals surface area contributed by atoms with Gasteiger partial charge in [0.25, 0.3) is 5.91 Å². The molecule has 1 aromatic carbocycles. The Morgan fingerprint density at radius 1 is 1.23 bits per heavy atom. The van der Waals surface area contributed by atoms with Crippen LogP contribution in [0.5, 0.6) is 0 Å². The van der Waals surface area contributed by atoms with Crippen molar-refractivity contribution in [1.29, 1.82) is 0 Å². The molecular formula is C22H35N3O4S. The molecule has 30 heavy (non-hydrogen) atoms. The molecular weight excluding hydrogens is 402 g/mol. The van der Waals surface area contributed by atoms with Gasteiger partial charge in [-0.15, -0.1) is 0 Å². The number of likely N-dealkylation sites (tertiary alicyclic amines) is 1. The van der Waals surface area contributed by atoms with Crippen molar-refractivity contribution >= 4 is 15.9 Å². The zero-order chi connectivity index (χ0) is 21.4. The van der Waals surface area contributed by atoms with E-state index in [0.29, 0.717) is 18.7 Å². The van der Waals surface area contributed by atoms with Crippen LogP contribution in [0.3, 0.4) is 0 Å². The van der Waals surface area contributed by atoms with E-state index in [1.165, 1.54) is 38.1 Å². The van der Waals surface area contributed by atoms with Gasteiger partial charge in [-0.25, -0.2) is 13.1 Å². The van der Waals surface area contributed by atoms with Gasteiger partial charge < -0.3 is 15.0 Å². The number of carbonyl (C=O) groups is 1. The minimum absolute atomic E-state index is 0.0700. The lowest BCUT2D eigenvalue weighted by atomic mass is 10.0. The number of carbonyl (C=O) groups excluding carboxylic acids is 1. The average molecular weight is 438 g/mol. The first kappa shape index (κ1) is 23.2. The number of ether oxygens (including phenoxy) is 1. The summed E-state index contributed by atoms with van der Waals surface area (Å²) in [6, 6.07) is 6.19. The molecule has 2 unspecified atom stereocenters. The summed E-state index contributed by atoms with van der Waals surface area (Å²) in [6.07, 6.45) is 6.32. The first-order chi connectivity index (χ1) is 14.4. The maximum atomic E-state index is 12.5. The summed E-state index contributed by atoms with van der Waals surface area (Å²) in [5.74, 6) is 0.542. The Morgan fingerprint density at radius 3 is 2.87 bits per heavy atom. The van der Waals surface area contributed by atoms with E-state index in [-0.39, 0.29) is 23.5 Å². The number of sulfonamides is 1. The van der Waals surface area contributed by atoms with Crippen molar-refractivity contribution in [2.75, 3.05) is 39.3 Å². The summed E-state index contributed by atoms with van der Waals surface area (Å²) < 4.78 is 33.1. The lowest BCUT2D eigenvalue weighted by molar-refractivity contribution is 0.0952. The van der Waals surface area contributed by atoms with Gasteiger partial charge in [0.05, 0.1) is 11.0 Å². The third kappa shape index (κ3) is 7.04. The molecule has 2 heterocycles. The number of piperidine rings is 1. The number of nitrogens with zero attached hydrogens (tertiary/aromatic N) is 1. The van der Waals surface area contributed by atoms with E-state index in [1.54, 1.807) is 12.1 Å². The molecule has 1 aromatic rings. The van der Waals surface area contributed by atoms with Gasteiger partial charge in [-0.1, -0.05) is 13.0 Å². The van der Waals surface area contributed by atoms with Gasteiger partial charge in [0.2, 0.25) is 10.0 Å². The van der Waals surface area contributed by atoms with E-state index in [2.05, 4.69) is 21.9 Å². The van der Waals surface area contributed by atoms with Gasteiger partial charge >= 0.3 is 0 Å². The Balaban J connectivity index is 1.42. The monoisotopic (exact) mass is 437 g/mol. The summed E-state index contributed by atoms with van der Waals surface area (Å²) in [6.45, 7) is 7.26. The van der Waals surface area contributed by atoms with Crippen molar-refractivity contribution in [2.24, 2.45) is 5.92 Å². The highest BCUT2D eigenvalue weighted by molar-refractivity contribution is 7.89. The van der Waals surface area contributed by atoms with E-state index in [0.717, 1.165) is 38.1 Å². The fraction of sp³-hybridized carbons (Fsp3) is 0.682. The third-order valence-corrected chi connectivity index (χ3v) is 7.28. The smallest absolute Gasteiger partial charge is 0.251 e. The summed E-state index contributed by atoms with van der Waals surface area (Å²) in [4.78, 5) is 15.1. The number of hydrogen-bond donors (Lipinski definition) is 2. The molecule has 2 aliphatic rings. The van der Waals surface area contributed by atoms with E-state index in [9.17, 15) is 13.2 Å².